The Morgan fingerprint density at radius 2 is 1.64 bits per heavy atom. The molecule has 0 atom stereocenters. The second kappa shape index (κ2) is 10.2. The van der Waals surface area contributed by atoms with Gasteiger partial charge in [0.1, 0.15) is 0 Å². The second-order valence-corrected chi connectivity index (χ2v) is 8.51. The van der Waals surface area contributed by atoms with Crippen molar-refractivity contribution in [2.75, 3.05) is 22.1 Å². The fourth-order valence-corrected chi connectivity index (χ4v) is 3.88. The van der Waals surface area contributed by atoms with Gasteiger partial charge < -0.3 is 10.6 Å². The first-order valence-corrected chi connectivity index (χ1v) is 11.5. The van der Waals surface area contributed by atoms with Crippen molar-refractivity contribution in [3.63, 3.8) is 0 Å². The van der Waals surface area contributed by atoms with Gasteiger partial charge >= 0.3 is 5.69 Å². The molecule has 0 fully saturated rings. The van der Waals surface area contributed by atoms with Crippen LogP contribution in [0.2, 0.25) is 0 Å². The maximum atomic E-state index is 12.5. The number of aromatic nitrogens is 3. The Morgan fingerprint density at radius 1 is 0.909 bits per heavy atom. The van der Waals surface area contributed by atoms with Crippen LogP contribution in [0.3, 0.4) is 0 Å². The smallest absolute Gasteiger partial charge is 0.325 e. The van der Waals surface area contributed by atoms with E-state index in [1.807, 2.05) is 55.5 Å². The van der Waals surface area contributed by atoms with E-state index in [2.05, 4.69) is 15.7 Å². The Balaban J connectivity index is 1.28. The van der Waals surface area contributed by atoms with Gasteiger partial charge in [0.05, 0.1) is 18.1 Å². The lowest BCUT2D eigenvalue weighted by Crippen LogP contribution is -2.21. The molecule has 8 nitrogen and oxygen atoms in total. The number of rotatable bonds is 8. The molecular weight excluding hydrogens is 438 g/mol. The van der Waals surface area contributed by atoms with Gasteiger partial charge in [-0.15, -0.1) is 16.9 Å². The summed E-state index contributed by atoms with van der Waals surface area (Å²) in [5.74, 6) is -0.0306. The Labute approximate surface area is 194 Å². The van der Waals surface area contributed by atoms with Gasteiger partial charge in [0.15, 0.2) is 5.65 Å². The predicted octanol–water partition coefficient (Wildman–Crippen LogP) is 3.16. The number of benzene rings is 2. The molecule has 0 aliphatic rings. The van der Waals surface area contributed by atoms with Crippen LogP contribution in [-0.2, 0) is 16.1 Å². The van der Waals surface area contributed by atoms with E-state index in [4.69, 9.17) is 0 Å². The molecular formula is C24H23N5O3S. The molecule has 2 amide bonds. The highest BCUT2D eigenvalue weighted by molar-refractivity contribution is 8.00. The molecule has 2 aromatic heterocycles. The monoisotopic (exact) mass is 461 g/mol. The van der Waals surface area contributed by atoms with Crippen molar-refractivity contribution in [1.82, 2.24) is 14.2 Å². The van der Waals surface area contributed by atoms with E-state index in [1.165, 1.54) is 20.8 Å². The summed E-state index contributed by atoms with van der Waals surface area (Å²) in [5.41, 5.74) is 3.67. The molecule has 4 rings (SSSR count). The molecule has 2 N–H and O–H groups in total. The fraction of sp³-hybridized carbons (Fsp3) is 0.167. The van der Waals surface area contributed by atoms with Crippen LogP contribution in [0.1, 0.15) is 11.1 Å². The molecule has 0 unspecified atom stereocenters. The molecule has 0 aliphatic carbocycles. The van der Waals surface area contributed by atoms with E-state index < -0.39 is 0 Å². The zero-order chi connectivity index (χ0) is 23.2. The van der Waals surface area contributed by atoms with E-state index in [1.54, 1.807) is 24.4 Å². The van der Waals surface area contributed by atoms with Crippen molar-refractivity contribution in [2.45, 2.75) is 13.5 Å². The lowest BCUT2D eigenvalue weighted by molar-refractivity contribution is -0.114. The molecule has 0 saturated carbocycles. The molecule has 33 heavy (non-hydrogen) atoms. The van der Waals surface area contributed by atoms with Crippen molar-refractivity contribution in [3.05, 3.63) is 94.5 Å². The lowest BCUT2D eigenvalue weighted by atomic mass is 10.2. The molecule has 0 spiro atoms. The molecule has 2 heterocycles. The lowest BCUT2D eigenvalue weighted by Gasteiger charge is -2.08. The third kappa shape index (κ3) is 5.89. The third-order valence-corrected chi connectivity index (χ3v) is 5.77. The molecule has 4 aromatic rings. The summed E-state index contributed by atoms with van der Waals surface area (Å²) >= 11 is 1.24. The SMILES string of the molecule is Cc1ccc(NC(=O)CSCC(=O)Nc2cccc(Cn3nc4ccccn4c3=O)c2)cc1. The predicted molar refractivity (Wildman–Crippen MR) is 131 cm³/mol. The summed E-state index contributed by atoms with van der Waals surface area (Å²) in [6.07, 6.45) is 1.68. The number of carbonyl (C=O) groups excluding carboxylic acids is 2. The van der Waals surface area contributed by atoms with Crippen LogP contribution in [0.15, 0.2) is 77.7 Å². The van der Waals surface area contributed by atoms with Crippen molar-refractivity contribution >= 4 is 40.6 Å². The van der Waals surface area contributed by atoms with Crippen LogP contribution in [0, 0.1) is 6.92 Å². The molecule has 0 saturated heterocycles. The first kappa shape index (κ1) is 22.3. The van der Waals surface area contributed by atoms with Crippen LogP contribution < -0.4 is 16.3 Å². The molecule has 0 radical (unpaired) electrons. The molecule has 168 valence electrons. The van der Waals surface area contributed by atoms with Gasteiger partial charge in [-0.2, -0.15) is 0 Å². The van der Waals surface area contributed by atoms with Gasteiger partial charge in [-0.1, -0.05) is 35.9 Å². The summed E-state index contributed by atoms with van der Waals surface area (Å²) in [4.78, 5) is 36.8. The standard InChI is InChI=1S/C24H23N5O3S/c1-17-8-10-19(11-9-17)25-22(30)15-33-16-23(31)26-20-6-4-5-18(13-20)14-29-24(32)28-12-3-2-7-21(28)27-29/h2-13H,14-16H2,1H3,(H,25,30)(H,26,31). The first-order valence-electron chi connectivity index (χ1n) is 10.4. The minimum absolute atomic E-state index is 0.150. The second-order valence-electron chi connectivity index (χ2n) is 7.52. The van der Waals surface area contributed by atoms with E-state index in [0.717, 1.165) is 16.8 Å². The van der Waals surface area contributed by atoms with Crippen LogP contribution in [0.5, 0.6) is 0 Å². The highest BCUT2D eigenvalue weighted by Gasteiger charge is 2.09. The quantitative estimate of drug-likeness (QED) is 0.420. The minimum Gasteiger partial charge on any atom is -0.325 e. The van der Waals surface area contributed by atoms with Gasteiger partial charge in [-0.05, 0) is 48.9 Å². The number of nitrogens with one attached hydrogen (secondary N) is 2. The van der Waals surface area contributed by atoms with Crippen molar-refractivity contribution in [2.24, 2.45) is 0 Å². The molecule has 2 aromatic carbocycles. The number of carbonyl (C=O) groups is 2. The highest BCUT2D eigenvalue weighted by Crippen LogP contribution is 2.13. The average Bonchev–Trinajstić information content (AvgIpc) is 3.11. The number of pyridine rings is 1. The van der Waals surface area contributed by atoms with Crippen LogP contribution in [-0.4, -0.2) is 37.5 Å². The van der Waals surface area contributed by atoms with Crippen LogP contribution in [0.25, 0.3) is 5.65 Å². The maximum Gasteiger partial charge on any atom is 0.350 e. The Bertz CT molecular complexity index is 1340. The van der Waals surface area contributed by atoms with Gasteiger partial charge in [-0.25, -0.2) is 9.48 Å². The topological polar surface area (TPSA) is 97.5 Å². The van der Waals surface area contributed by atoms with E-state index in [0.29, 0.717) is 11.3 Å². The Hall–Kier alpha value is -3.85. The minimum atomic E-state index is -0.222. The summed E-state index contributed by atoms with van der Waals surface area (Å²) < 4.78 is 2.87. The number of aryl methyl sites for hydroxylation is 1. The summed E-state index contributed by atoms with van der Waals surface area (Å²) in [6, 6.07) is 20.2. The zero-order valence-electron chi connectivity index (χ0n) is 18.0. The number of nitrogens with zero attached hydrogens (tertiary/aromatic N) is 3. The highest BCUT2D eigenvalue weighted by atomic mass is 32.2. The maximum absolute atomic E-state index is 12.5. The normalized spacial score (nSPS) is 10.8. The van der Waals surface area contributed by atoms with Crippen LogP contribution in [0.4, 0.5) is 11.4 Å². The Morgan fingerprint density at radius 3 is 2.36 bits per heavy atom. The largest absolute Gasteiger partial charge is 0.350 e. The van der Waals surface area contributed by atoms with Crippen molar-refractivity contribution in [1.29, 1.82) is 0 Å². The summed E-state index contributed by atoms with van der Waals surface area (Å²) in [6.45, 7) is 2.27. The van der Waals surface area contributed by atoms with E-state index in [-0.39, 0.29) is 35.6 Å². The van der Waals surface area contributed by atoms with Gasteiger partial charge in [-0.3, -0.25) is 14.0 Å². The van der Waals surface area contributed by atoms with Gasteiger partial charge in [0, 0.05) is 17.6 Å². The van der Waals surface area contributed by atoms with E-state index in [9.17, 15) is 14.4 Å². The summed E-state index contributed by atoms with van der Waals surface area (Å²) in [7, 11) is 0. The number of thioether (sulfide) groups is 1. The number of hydrogen-bond donors (Lipinski definition) is 2. The number of anilines is 2. The first-order chi connectivity index (χ1) is 16.0. The van der Waals surface area contributed by atoms with Crippen LogP contribution >= 0.6 is 11.8 Å². The van der Waals surface area contributed by atoms with Gasteiger partial charge in [0.25, 0.3) is 0 Å². The molecule has 0 bridgehead atoms. The zero-order valence-corrected chi connectivity index (χ0v) is 18.8. The molecule has 9 heteroatoms. The van der Waals surface area contributed by atoms with Gasteiger partial charge in [0.2, 0.25) is 11.8 Å². The third-order valence-electron chi connectivity index (χ3n) is 4.83. The fourth-order valence-electron chi connectivity index (χ4n) is 3.26. The number of amides is 2. The Kier molecular flexibility index (Phi) is 6.89. The average molecular weight is 462 g/mol. The van der Waals surface area contributed by atoms with E-state index >= 15 is 0 Å². The van der Waals surface area contributed by atoms with Crippen molar-refractivity contribution in [3.8, 4) is 0 Å². The number of hydrogen-bond acceptors (Lipinski definition) is 5. The number of fused-ring (bicyclic) bond motifs is 1. The molecule has 0 aliphatic heterocycles. The summed E-state index contributed by atoms with van der Waals surface area (Å²) in [5, 5.41) is 9.97. The van der Waals surface area contributed by atoms with Crippen molar-refractivity contribution < 1.29 is 9.59 Å².